The number of rotatable bonds is 5. The van der Waals surface area contributed by atoms with Crippen LogP contribution in [0.5, 0.6) is 0 Å². The highest BCUT2D eigenvalue weighted by Crippen LogP contribution is 2.28. The minimum Gasteiger partial charge on any atom is -0.336 e. The van der Waals surface area contributed by atoms with Crippen molar-refractivity contribution in [2.75, 3.05) is 25.0 Å². The first kappa shape index (κ1) is 19.5. The number of urea groups is 1. The van der Waals surface area contributed by atoms with Gasteiger partial charge in [0.25, 0.3) is 11.8 Å². The maximum Gasteiger partial charge on any atom is 0.321 e. The van der Waals surface area contributed by atoms with Crippen LogP contribution in [0.15, 0.2) is 24.3 Å². The second-order valence-electron chi connectivity index (χ2n) is 7.48. The molecule has 4 amide bonds. The van der Waals surface area contributed by atoms with Crippen molar-refractivity contribution in [3.63, 3.8) is 0 Å². The first-order valence-corrected chi connectivity index (χ1v) is 10.5. The summed E-state index contributed by atoms with van der Waals surface area (Å²) in [7, 11) is 0. The fraction of sp³-hybridized carbons (Fsp3) is 0.400. The second kappa shape index (κ2) is 7.92. The molecule has 4 rings (SSSR count). The van der Waals surface area contributed by atoms with E-state index in [4.69, 9.17) is 0 Å². The lowest BCUT2D eigenvalue weighted by Gasteiger charge is -2.27. The number of anilines is 1. The van der Waals surface area contributed by atoms with Crippen LogP contribution in [0.1, 0.15) is 45.1 Å². The number of imide groups is 1. The molecule has 0 unspecified atom stereocenters. The molecule has 0 saturated carbocycles. The van der Waals surface area contributed by atoms with Crippen molar-refractivity contribution in [3.8, 4) is 0 Å². The Hall–Kier alpha value is -2.78. The molecule has 0 saturated heterocycles. The molecule has 1 aromatic heterocycles. The standard InChI is InChI=1S/C20H23N5O3S/c1-12(2)21-19(28)23-20-22-15-7-8-24(11-16(15)29-20)9-10-25-17(26)13-5-3-4-6-14(13)18(25)27/h3-6,12H,7-11H2,1-2H3,(H2,21,22,23,28). The topological polar surface area (TPSA) is 94.6 Å². The monoisotopic (exact) mass is 413 g/mol. The Bertz CT molecular complexity index is 936. The zero-order chi connectivity index (χ0) is 20.5. The molecule has 1 aromatic carbocycles. The van der Waals surface area contributed by atoms with Gasteiger partial charge in [0, 0.05) is 43.5 Å². The van der Waals surface area contributed by atoms with E-state index in [0.29, 0.717) is 35.9 Å². The summed E-state index contributed by atoms with van der Waals surface area (Å²) in [6, 6.07) is 6.75. The Balaban J connectivity index is 1.35. The van der Waals surface area contributed by atoms with Crippen LogP contribution in [-0.4, -0.2) is 58.3 Å². The van der Waals surface area contributed by atoms with Crippen LogP contribution >= 0.6 is 11.3 Å². The van der Waals surface area contributed by atoms with Crippen LogP contribution in [0, 0.1) is 0 Å². The Labute approximate surface area is 172 Å². The number of amides is 4. The summed E-state index contributed by atoms with van der Waals surface area (Å²) in [5.74, 6) is -0.438. The minimum absolute atomic E-state index is 0.0576. The van der Waals surface area contributed by atoms with Crippen molar-refractivity contribution in [2.45, 2.75) is 32.9 Å². The first-order valence-electron chi connectivity index (χ1n) is 9.66. The fourth-order valence-electron chi connectivity index (χ4n) is 3.57. The number of nitrogens with one attached hydrogen (secondary N) is 2. The molecular formula is C20H23N5O3S. The molecule has 0 bridgehead atoms. The molecule has 3 heterocycles. The number of carbonyl (C=O) groups is 3. The Morgan fingerprint density at radius 1 is 1.17 bits per heavy atom. The summed E-state index contributed by atoms with van der Waals surface area (Å²) in [5, 5.41) is 6.16. The van der Waals surface area contributed by atoms with E-state index in [1.807, 2.05) is 13.8 Å². The van der Waals surface area contributed by atoms with Crippen LogP contribution in [0.4, 0.5) is 9.93 Å². The molecule has 0 atom stereocenters. The van der Waals surface area contributed by atoms with Gasteiger partial charge < -0.3 is 5.32 Å². The molecule has 0 radical (unpaired) electrons. The zero-order valence-electron chi connectivity index (χ0n) is 16.4. The van der Waals surface area contributed by atoms with Gasteiger partial charge in [-0.25, -0.2) is 9.78 Å². The average Bonchev–Trinajstić information content (AvgIpc) is 3.18. The highest BCUT2D eigenvalue weighted by Gasteiger charge is 2.35. The smallest absolute Gasteiger partial charge is 0.321 e. The molecule has 152 valence electrons. The summed E-state index contributed by atoms with van der Waals surface area (Å²) < 4.78 is 0. The second-order valence-corrected chi connectivity index (χ2v) is 8.56. The van der Waals surface area contributed by atoms with Crippen LogP contribution in [0.3, 0.4) is 0 Å². The lowest BCUT2D eigenvalue weighted by molar-refractivity contribution is 0.0633. The van der Waals surface area contributed by atoms with Gasteiger partial charge in [-0.3, -0.25) is 24.7 Å². The van der Waals surface area contributed by atoms with Crippen molar-refractivity contribution >= 4 is 34.3 Å². The number of aromatic nitrogens is 1. The van der Waals surface area contributed by atoms with Gasteiger partial charge in [0.2, 0.25) is 0 Å². The highest BCUT2D eigenvalue weighted by atomic mass is 32.1. The molecule has 0 aliphatic carbocycles. The van der Waals surface area contributed by atoms with Gasteiger partial charge in [0.05, 0.1) is 16.8 Å². The fourth-order valence-corrected chi connectivity index (χ4v) is 4.62. The Morgan fingerprint density at radius 2 is 1.86 bits per heavy atom. The summed E-state index contributed by atoms with van der Waals surface area (Å²) in [4.78, 5) is 46.0. The number of benzene rings is 1. The highest BCUT2D eigenvalue weighted by molar-refractivity contribution is 7.15. The van der Waals surface area contributed by atoms with Crippen molar-refractivity contribution in [3.05, 3.63) is 46.0 Å². The maximum atomic E-state index is 12.5. The Kier molecular flexibility index (Phi) is 5.33. The van der Waals surface area contributed by atoms with Crippen molar-refractivity contribution < 1.29 is 14.4 Å². The lowest BCUT2D eigenvalue weighted by atomic mass is 10.1. The lowest BCUT2D eigenvalue weighted by Crippen LogP contribution is -2.40. The van der Waals surface area contributed by atoms with Gasteiger partial charge in [-0.15, -0.1) is 11.3 Å². The molecule has 2 aromatic rings. The molecule has 29 heavy (non-hydrogen) atoms. The minimum atomic E-state index is -0.256. The number of nitrogens with zero attached hydrogens (tertiary/aromatic N) is 3. The maximum absolute atomic E-state index is 12.5. The van der Waals surface area contributed by atoms with E-state index < -0.39 is 0 Å². The van der Waals surface area contributed by atoms with Crippen molar-refractivity contribution in [1.29, 1.82) is 0 Å². The number of carbonyl (C=O) groups excluding carboxylic acids is 3. The molecule has 8 nitrogen and oxygen atoms in total. The summed E-state index contributed by atoms with van der Waals surface area (Å²) in [6.45, 7) is 6.28. The average molecular weight is 414 g/mol. The summed E-state index contributed by atoms with van der Waals surface area (Å²) in [6.07, 6.45) is 0.779. The normalized spacial score (nSPS) is 16.2. The van der Waals surface area contributed by atoms with E-state index in [1.54, 1.807) is 24.3 Å². The molecule has 2 aliphatic heterocycles. The predicted molar refractivity (Wildman–Crippen MR) is 110 cm³/mol. The molecular weight excluding hydrogens is 390 g/mol. The van der Waals surface area contributed by atoms with E-state index in [9.17, 15) is 14.4 Å². The van der Waals surface area contributed by atoms with E-state index in [-0.39, 0.29) is 23.9 Å². The van der Waals surface area contributed by atoms with Gasteiger partial charge in [-0.1, -0.05) is 12.1 Å². The van der Waals surface area contributed by atoms with Gasteiger partial charge in [-0.2, -0.15) is 0 Å². The van der Waals surface area contributed by atoms with Gasteiger partial charge in [0.1, 0.15) is 0 Å². The van der Waals surface area contributed by atoms with E-state index in [2.05, 4.69) is 20.5 Å². The van der Waals surface area contributed by atoms with Crippen LogP contribution in [0.25, 0.3) is 0 Å². The van der Waals surface area contributed by atoms with Crippen molar-refractivity contribution in [1.82, 2.24) is 20.1 Å². The zero-order valence-corrected chi connectivity index (χ0v) is 17.2. The van der Waals surface area contributed by atoms with Gasteiger partial charge in [-0.05, 0) is 26.0 Å². The Morgan fingerprint density at radius 3 is 2.52 bits per heavy atom. The number of thiazole rings is 1. The van der Waals surface area contributed by atoms with Crippen LogP contribution < -0.4 is 10.6 Å². The van der Waals surface area contributed by atoms with E-state index in [0.717, 1.165) is 23.5 Å². The quantitative estimate of drug-likeness (QED) is 0.734. The predicted octanol–water partition coefficient (Wildman–Crippen LogP) is 2.33. The van der Waals surface area contributed by atoms with Gasteiger partial charge >= 0.3 is 6.03 Å². The third kappa shape index (κ3) is 4.01. The number of fused-ring (bicyclic) bond motifs is 2. The number of hydrogen-bond acceptors (Lipinski definition) is 6. The largest absolute Gasteiger partial charge is 0.336 e. The summed E-state index contributed by atoms with van der Waals surface area (Å²) in [5.41, 5.74) is 1.97. The summed E-state index contributed by atoms with van der Waals surface area (Å²) >= 11 is 1.47. The van der Waals surface area contributed by atoms with E-state index >= 15 is 0 Å². The molecule has 0 fully saturated rings. The number of hydrogen-bond donors (Lipinski definition) is 2. The van der Waals surface area contributed by atoms with Gasteiger partial charge in [0.15, 0.2) is 5.13 Å². The first-order chi connectivity index (χ1) is 13.9. The van der Waals surface area contributed by atoms with Crippen LogP contribution in [0.2, 0.25) is 0 Å². The molecule has 2 aliphatic rings. The van der Waals surface area contributed by atoms with E-state index in [1.165, 1.54) is 16.2 Å². The third-order valence-electron chi connectivity index (χ3n) is 4.97. The molecule has 9 heteroatoms. The SMILES string of the molecule is CC(C)NC(=O)Nc1nc2c(s1)CN(CCN1C(=O)c3ccccc3C1=O)CC2. The molecule has 2 N–H and O–H groups in total. The molecule has 0 spiro atoms. The van der Waals surface area contributed by atoms with Crippen molar-refractivity contribution in [2.24, 2.45) is 0 Å². The third-order valence-corrected chi connectivity index (χ3v) is 5.97. The van der Waals surface area contributed by atoms with Crippen LogP contribution in [-0.2, 0) is 13.0 Å².